The number of nitriles is 1. The summed E-state index contributed by atoms with van der Waals surface area (Å²) in [4.78, 5) is 10.2. The van der Waals surface area contributed by atoms with Crippen LogP contribution in [-0.4, -0.2) is 37.2 Å². The van der Waals surface area contributed by atoms with Crippen molar-refractivity contribution in [2.24, 2.45) is 0 Å². The average molecular weight is 125 g/mol. The minimum Gasteiger partial charge on any atom is -0.322 e. The average Bonchev–Trinajstić information content (AvgIpc) is 1.65. The lowest BCUT2D eigenvalue weighted by Crippen LogP contribution is -2.04. The van der Waals surface area contributed by atoms with Crippen LogP contribution >= 0.6 is 0 Å². The minimum atomic E-state index is -0.230. The van der Waals surface area contributed by atoms with Crippen LogP contribution < -0.4 is 0 Å². The lowest BCUT2D eigenvalue weighted by atomic mass is 10.5. The van der Waals surface area contributed by atoms with Gasteiger partial charge in [-0.1, -0.05) is 0 Å². The zero-order valence-electron chi connectivity index (χ0n) is 4.43. The van der Waals surface area contributed by atoms with Crippen molar-refractivity contribution in [1.29, 1.82) is 5.26 Å². The highest BCUT2D eigenvalue weighted by molar-refractivity contribution is 6.63. The van der Waals surface area contributed by atoms with Crippen LogP contribution in [0.3, 0.4) is 0 Å². The number of hydrogen-bond donors (Lipinski definition) is 0. The second-order valence-electron chi connectivity index (χ2n) is 1.46. The molecule has 0 saturated heterocycles. The fraction of sp³-hybridized carbons (Fsp3) is 0.333. The number of hydrogen-bond acceptors (Lipinski definition) is 2. The number of rotatable bonds is 1. The first-order valence-corrected chi connectivity index (χ1v) is 4.24. The van der Waals surface area contributed by atoms with Gasteiger partial charge in [0.05, 0.1) is 6.07 Å². The normalized spacial score (nSPS) is 11.9. The Morgan fingerprint density at radius 1 is 1.86 bits per heavy atom. The summed E-state index contributed by atoms with van der Waals surface area (Å²) in [5.74, 6) is 0. The van der Waals surface area contributed by atoms with Crippen LogP contribution in [0, 0.1) is 11.3 Å². The first kappa shape index (κ1) is 7.22. The molecule has 1 unspecified atom stereocenters. The van der Waals surface area contributed by atoms with Gasteiger partial charge in [-0.15, -0.1) is 0 Å². The number of carbonyl (C=O) groups is 1. The van der Waals surface area contributed by atoms with E-state index in [9.17, 15) is 4.79 Å². The quantitative estimate of drug-likeness (QED) is 0.384. The van der Waals surface area contributed by atoms with E-state index in [-0.39, 0.29) is 9.43 Å². The third kappa shape index (κ3) is 2.87. The molecule has 0 aromatic carbocycles. The highest BCUT2D eigenvalue weighted by Crippen LogP contribution is 1.90. The van der Waals surface area contributed by atoms with Crippen LogP contribution in [0.5, 0.6) is 0 Å². The Labute approximate surface area is 58.3 Å². The van der Waals surface area contributed by atoms with E-state index in [0.29, 0.717) is 32.6 Å². The molecule has 0 heterocycles. The van der Waals surface area contributed by atoms with E-state index < -0.39 is 0 Å². The van der Waals surface area contributed by atoms with Crippen molar-refractivity contribution in [3.05, 3.63) is 0 Å². The molecule has 0 rings (SSSR count). The van der Waals surface area contributed by atoms with Crippen molar-refractivity contribution >= 4 is 37.2 Å². The summed E-state index contributed by atoms with van der Waals surface area (Å²) in [6.07, 6.45) is 0. The number of nitrogens with zero attached hydrogens (tertiary/aromatic N) is 1. The van der Waals surface area contributed by atoms with Crippen molar-refractivity contribution < 1.29 is 4.79 Å². The molecule has 0 aromatic rings. The predicted octanol–water partition coefficient (Wildman–Crippen LogP) is -1.91. The summed E-state index contributed by atoms with van der Waals surface area (Å²) in [5.41, 5.74) is 0. The van der Waals surface area contributed by atoms with Gasteiger partial charge in [0, 0.05) is 9.43 Å². The van der Waals surface area contributed by atoms with Gasteiger partial charge in [-0.3, -0.25) is 0 Å². The molecule has 4 heteroatoms. The van der Waals surface area contributed by atoms with Gasteiger partial charge in [0.25, 0.3) is 0 Å². The van der Waals surface area contributed by atoms with Crippen molar-refractivity contribution in [3.63, 3.8) is 0 Å². The van der Waals surface area contributed by atoms with Gasteiger partial charge in [0.1, 0.15) is 0 Å². The number of carbonyl (C=O) groups excluding carboxylic acids is 1. The summed E-state index contributed by atoms with van der Waals surface area (Å²) in [6, 6.07) is 1.91. The molecule has 0 amide bonds. The fourth-order valence-electron chi connectivity index (χ4n) is 0.0909. The van der Waals surface area contributed by atoms with Crippen LogP contribution in [0.2, 0.25) is 4.78 Å². The summed E-state index contributed by atoms with van der Waals surface area (Å²) in [6.45, 7) is 0. The minimum absolute atomic E-state index is 0.133. The van der Waals surface area contributed by atoms with Crippen molar-refractivity contribution in [1.82, 2.24) is 0 Å². The summed E-state index contributed by atoms with van der Waals surface area (Å²) >= 11 is 1.23. The van der Waals surface area contributed by atoms with Crippen LogP contribution in [0.25, 0.3) is 0 Å². The summed E-state index contributed by atoms with van der Waals surface area (Å²) in [5, 5.41) is 8.09. The maximum absolute atomic E-state index is 10.2. The predicted molar refractivity (Wildman–Crippen MR) is 31.5 cm³/mol. The fourth-order valence-corrected chi connectivity index (χ4v) is 0.220. The van der Waals surface area contributed by atoms with E-state index in [1.165, 1.54) is 0 Å². The van der Waals surface area contributed by atoms with Gasteiger partial charge < -0.3 is 4.79 Å². The van der Waals surface area contributed by atoms with E-state index in [1.807, 2.05) is 6.07 Å². The highest BCUT2D eigenvalue weighted by atomic mass is 27.1. The molecule has 0 N–H and O–H groups in total. The topological polar surface area (TPSA) is 40.9 Å². The molecule has 0 spiro atoms. The third-order valence-corrected chi connectivity index (χ3v) is 3.90. The lowest BCUT2D eigenvalue weighted by molar-refractivity contribution is -0.110. The summed E-state index contributed by atoms with van der Waals surface area (Å²) in [7, 11) is 0. The molecule has 0 aliphatic heterocycles. The van der Waals surface area contributed by atoms with Crippen molar-refractivity contribution in [2.75, 3.05) is 0 Å². The Bertz CT molecular complexity index is 117. The maximum Gasteiger partial charge on any atom is 0.319 e. The SMILES string of the molecule is N#C[CH]([AlH2])[C](=O)[AlH2]. The van der Waals surface area contributed by atoms with Gasteiger partial charge in [0.2, 0.25) is 16.3 Å². The van der Waals surface area contributed by atoms with Gasteiger partial charge >= 0.3 is 16.3 Å². The molecule has 0 fully saturated rings. The molecule has 0 radical (unpaired) electrons. The van der Waals surface area contributed by atoms with E-state index in [1.54, 1.807) is 0 Å². The second kappa shape index (κ2) is 3.26. The Balaban J connectivity index is 3.63. The maximum atomic E-state index is 10.2. The van der Waals surface area contributed by atoms with E-state index >= 15 is 0 Å². The van der Waals surface area contributed by atoms with Crippen LogP contribution in [0.15, 0.2) is 0 Å². The molecule has 0 bridgehead atoms. The zero-order valence-corrected chi connectivity index (χ0v) is 8.43. The Kier molecular flexibility index (Phi) is 3.36. The summed E-state index contributed by atoms with van der Waals surface area (Å²) < 4.78 is -0.0965. The molecule has 1 atom stereocenters. The molecular formula is C3H5Al2NO. The highest BCUT2D eigenvalue weighted by Gasteiger charge is 2.01. The second-order valence-corrected chi connectivity index (χ2v) is 3.60. The van der Waals surface area contributed by atoms with E-state index in [0.717, 1.165) is 0 Å². The third-order valence-electron chi connectivity index (χ3n) is 0.803. The molecule has 2 nitrogen and oxygen atoms in total. The molecule has 0 aliphatic rings. The molecule has 34 valence electrons. The van der Waals surface area contributed by atoms with Crippen molar-refractivity contribution in [2.45, 2.75) is 4.78 Å². The smallest absolute Gasteiger partial charge is 0.319 e. The standard InChI is InChI=1S/C3HNO.2Al.4H/c4-2-1-3-5;;;;;;/h1H;;;;;;. The molecular weight excluding hydrogens is 120 g/mol. The van der Waals surface area contributed by atoms with Crippen LogP contribution in [-0.2, 0) is 4.79 Å². The largest absolute Gasteiger partial charge is 0.322 e. The van der Waals surface area contributed by atoms with Gasteiger partial charge in [-0.25, -0.2) is 0 Å². The van der Waals surface area contributed by atoms with E-state index in [4.69, 9.17) is 5.26 Å². The molecule has 0 aromatic heterocycles. The van der Waals surface area contributed by atoms with E-state index in [2.05, 4.69) is 0 Å². The Hall–Kier alpha value is 0.225. The Morgan fingerprint density at radius 3 is 2.29 bits per heavy atom. The van der Waals surface area contributed by atoms with Gasteiger partial charge in [-0.2, -0.15) is 5.26 Å². The first-order chi connectivity index (χ1) is 3.18. The Morgan fingerprint density at radius 2 is 2.29 bits per heavy atom. The first-order valence-electron chi connectivity index (χ1n) is 2.08. The zero-order chi connectivity index (χ0) is 5.86. The van der Waals surface area contributed by atoms with Crippen LogP contribution in [0.4, 0.5) is 0 Å². The lowest BCUT2D eigenvalue weighted by Gasteiger charge is -1.88. The van der Waals surface area contributed by atoms with Gasteiger partial charge in [-0.05, 0) is 0 Å². The molecule has 7 heavy (non-hydrogen) atoms. The molecule has 0 aliphatic carbocycles. The monoisotopic (exact) mass is 125 g/mol. The van der Waals surface area contributed by atoms with Gasteiger partial charge in [0.15, 0.2) is 0 Å². The molecule has 0 saturated carbocycles. The van der Waals surface area contributed by atoms with Crippen molar-refractivity contribution in [3.8, 4) is 6.07 Å². The van der Waals surface area contributed by atoms with Crippen LogP contribution in [0.1, 0.15) is 0 Å².